The first-order valence-corrected chi connectivity index (χ1v) is 6.11. The van der Waals surface area contributed by atoms with Crippen molar-refractivity contribution >= 4 is 17.7 Å². The van der Waals surface area contributed by atoms with Gasteiger partial charge < -0.3 is 11.1 Å². The third-order valence-corrected chi connectivity index (χ3v) is 4.02. The minimum atomic E-state index is -0.555. The SMILES string of the molecule is CCC(C)SCCC(C)(NC)C(N)=O. The second-order valence-electron chi connectivity index (χ2n) is 3.79. The fourth-order valence-corrected chi connectivity index (χ4v) is 2.12. The van der Waals surface area contributed by atoms with E-state index in [1.165, 1.54) is 0 Å². The van der Waals surface area contributed by atoms with Gasteiger partial charge in [-0.25, -0.2) is 0 Å². The van der Waals surface area contributed by atoms with Gasteiger partial charge in [0.05, 0.1) is 5.54 Å². The van der Waals surface area contributed by atoms with E-state index in [4.69, 9.17) is 5.73 Å². The lowest BCUT2D eigenvalue weighted by molar-refractivity contribution is -0.123. The molecule has 3 nitrogen and oxygen atoms in total. The predicted octanol–water partition coefficient (Wildman–Crippen LogP) is 1.37. The van der Waals surface area contributed by atoms with Gasteiger partial charge in [-0.3, -0.25) is 4.79 Å². The van der Waals surface area contributed by atoms with E-state index in [9.17, 15) is 4.79 Å². The van der Waals surface area contributed by atoms with Gasteiger partial charge in [0, 0.05) is 5.25 Å². The van der Waals surface area contributed by atoms with Crippen molar-refractivity contribution in [3.8, 4) is 0 Å². The van der Waals surface area contributed by atoms with Crippen LogP contribution in [-0.2, 0) is 4.79 Å². The largest absolute Gasteiger partial charge is 0.368 e. The Bertz CT molecular complexity index is 187. The average Bonchev–Trinajstić information content (AvgIpc) is 2.16. The molecule has 0 aromatic carbocycles. The number of thioether (sulfide) groups is 1. The second-order valence-corrected chi connectivity index (χ2v) is 5.33. The zero-order valence-electron chi connectivity index (χ0n) is 9.59. The molecule has 0 bridgehead atoms. The maximum atomic E-state index is 11.1. The number of likely N-dealkylation sites (N-methyl/N-ethyl adjacent to an activating group) is 1. The summed E-state index contributed by atoms with van der Waals surface area (Å²) in [6.45, 7) is 6.22. The predicted molar refractivity (Wildman–Crippen MR) is 63.5 cm³/mol. The Kier molecular flexibility index (Phi) is 6.20. The van der Waals surface area contributed by atoms with Crippen molar-refractivity contribution in [2.75, 3.05) is 12.8 Å². The molecule has 14 heavy (non-hydrogen) atoms. The van der Waals surface area contributed by atoms with Crippen LogP contribution in [0.3, 0.4) is 0 Å². The van der Waals surface area contributed by atoms with Crippen LogP contribution in [0, 0.1) is 0 Å². The Morgan fingerprint density at radius 1 is 1.64 bits per heavy atom. The minimum Gasteiger partial charge on any atom is -0.368 e. The Morgan fingerprint density at radius 2 is 2.21 bits per heavy atom. The van der Waals surface area contributed by atoms with Gasteiger partial charge in [0.15, 0.2) is 0 Å². The number of carbonyl (C=O) groups excluding carboxylic acids is 1. The number of amides is 1. The van der Waals surface area contributed by atoms with Crippen molar-refractivity contribution < 1.29 is 4.79 Å². The molecule has 0 aliphatic rings. The lowest BCUT2D eigenvalue weighted by atomic mass is 9.99. The lowest BCUT2D eigenvalue weighted by Crippen LogP contribution is -2.51. The highest BCUT2D eigenvalue weighted by Gasteiger charge is 2.28. The van der Waals surface area contributed by atoms with E-state index in [2.05, 4.69) is 19.2 Å². The normalized spacial score (nSPS) is 17.4. The summed E-state index contributed by atoms with van der Waals surface area (Å²) in [7, 11) is 1.78. The molecule has 1 amide bonds. The highest BCUT2D eigenvalue weighted by atomic mass is 32.2. The van der Waals surface area contributed by atoms with Crippen LogP contribution in [0.4, 0.5) is 0 Å². The fraction of sp³-hybridized carbons (Fsp3) is 0.900. The van der Waals surface area contributed by atoms with Crippen LogP contribution in [0.2, 0.25) is 0 Å². The van der Waals surface area contributed by atoms with E-state index in [0.717, 1.165) is 18.6 Å². The summed E-state index contributed by atoms with van der Waals surface area (Å²) in [6.07, 6.45) is 1.95. The molecule has 0 aromatic rings. The van der Waals surface area contributed by atoms with E-state index in [-0.39, 0.29) is 5.91 Å². The third kappa shape index (κ3) is 4.33. The van der Waals surface area contributed by atoms with Crippen molar-refractivity contribution in [2.45, 2.75) is 44.4 Å². The first kappa shape index (κ1) is 13.8. The Labute approximate surface area is 91.2 Å². The van der Waals surface area contributed by atoms with Gasteiger partial charge in [0.2, 0.25) is 5.91 Å². The van der Waals surface area contributed by atoms with Gasteiger partial charge in [0.25, 0.3) is 0 Å². The molecule has 2 atom stereocenters. The molecule has 0 fully saturated rings. The van der Waals surface area contributed by atoms with Crippen molar-refractivity contribution in [3.05, 3.63) is 0 Å². The smallest absolute Gasteiger partial charge is 0.237 e. The molecule has 0 radical (unpaired) electrons. The van der Waals surface area contributed by atoms with E-state index >= 15 is 0 Å². The molecule has 3 N–H and O–H groups in total. The van der Waals surface area contributed by atoms with Crippen molar-refractivity contribution in [1.82, 2.24) is 5.32 Å². The standard InChI is InChI=1S/C10H22N2OS/c1-5-8(2)14-7-6-10(3,12-4)9(11)13/h8,12H,5-7H2,1-4H3,(H2,11,13). The zero-order chi connectivity index (χ0) is 11.2. The second kappa shape index (κ2) is 6.30. The maximum Gasteiger partial charge on any atom is 0.237 e. The van der Waals surface area contributed by atoms with Crippen LogP contribution >= 0.6 is 11.8 Å². The number of carbonyl (C=O) groups is 1. The highest BCUT2D eigenvalue weighted by molar-refractivity contribution is 7.99. The van der Waals surface area contributed by atoms with E-state index in [1.807, 2.05) is 18.7 Å². The third-order valence-electron chi connectivity index (χ3n) is 2.67. The van der Waals surface area contributed by atoms with Gasteiger partial charge in [-0.1, -0.05) is 13.8 Å². The zero-order valence-corrected chi connectivity index (χ0v) is 10.4. The number of nitrogens with two attached hydrogens (primary N) is 1. The summed E-state index contributed by atoms with van der Waals surface area (Å²) >= 11 is 1.89. The van der Waals surface area contributed by atoms with Gasteiger partial charge in [0.1, 0.15) is 0 Å². The molecule has 4 heteroatoms. The molecule has 0 saturated heterocycles. The molecule has 0 aromatic heterocycles. The number of primary amides is 1. The summed E-state index contributed by atoms with van der Waals surface area (Å²) in [5, 5.41) is 3.64. The molecule has 0 aliphatic carbocycles. The molecule has 0 saturated carbocycles. The first-order chi connectivity index (χ1) is 6.46. The maximum absolute atomic E-state index is 11.1. The summed E-state index contributed by atoms with van der Waals surface area (Å²) in [4.78, 5) is 11.1. The monoisotopic (exact) mass is 218 g/mol. The molecule has 0 spiro atoms. The van der Waals surface area contributed by atoms with Crippen molar-refractivity contribution in [2.24, 2.45) is 5.73 Å². The molecule has 2 unspecified atom stereocenters. The van der Waals surface area contributed by atoms with Gasteiger partial charge in [-0.2, -0.15) is 11.8 Å². The average molecular weight is 218 g/mol. The molecule has 84 valence electrons. The number of hydrogen-bond acceptors (Lipinski definition) is 3. The van der Waals surface area contributed by atoms with Crippen LogP contribution in [-0.4, -0.2) is 29.5 Å². The first-order valence-electron chi connectivity index (χ1n) is 5.06. The van der Waals surface area contributed by atoms with Crippen molar-refractivity contribution in [3.63, 3.8) is 0 Å². The molecule has 0 aliphatic heterocycles. The fourth-order valence-electron chi connectivity index (χ4n) is 0.953. The van der Waals surface area contributed by atoms with Gasteiger partial charge in [-0.15, -0.1) is 0 Å². The lowest BCUT2D eigenvalue weighted by Gasteiger charge is -2.25. The quantitative estimate of drug-likeness (QED) is 0.678. The van der Waals surface area contributed by atoms with E-state index in [0.29, 0.717) is 5.25 Å². The summed E-state index contributed by atoms with van der Waals surface area (Å²) in [5.74, 6) is 0.694. The van der Waals surface area contributed by atoms with Crippen LogP contribution < -0.4 is 11.1 Å². The Morgan fingerprint density at radius 3 is 2.57 bits per heavy atom. The van der Waals surface area contributed by atoms with Crippen LogP contribution in [0.25, 0.3) is 0 Å². The Hall–Kier alpha value is -0.220. The van der Waals surface area contributed by atoms with E-state index in [1.54, 1.807) is 7.05 Å². The van der Waals surface area contributed by atoms with Gasteiger partial charge in [-0.05, 0) is 32.6 Å². The summed E-state index contributed by atoms with van der Waals surface area (Å²) in [6, 6.07) is 0. The summed E-state index contributed by atoms with van der Waals surface area (Å²) < 4.78 is 0. The number of hydrogen-bond donors (Lipinski definition) is 2. The molecular formula is C10H22N2OS. The Balaban J connectivity index is 3.90. The minimum absolute atomic E-state index is 0.273. The number of nitrogens with one attached hydrogen (secondary N) is 1. The van der Waals surface area contributed by atoms with Crippen LogP contribution in [0.5, 0.6) is 0 Å². The van der Waals surface area contributed by atoms with Crippen LogP contribution in [0.15, 0.2) is 0 Å². The molecule has 0 heterocycles. The van der Waals surface area contributed by atoms with E-state index < -0.39 is 5.54 Å². The number of rotatable bonds is 7. The topological polar surface area (TPSA) is 55.1 Å². The highest BCUT2D eigenvalue weighted by Crippen LogP contribution is 2.18. The molecule has 0 rings (SSSR count). The van der Waals surface area contributed by atoms with Crippen molar-refractivity contribution in [1.29, 1.82) is 0 Å². The van der Waals surface area contributed by atoms with Crippen LogP contribution in [0.1, 0.15) is 33.6 Å². The molecular weight excluding hydrogens is 196 g/mol. The van der Waals surface area contributed by atoms with Gasteiger partial charge >= 0.3 is 0 Å². The summed E-state index contributed by atoms with van der Waals surface area (Å²) in [5.41, 5.74) is 4.77.